The Kier molecular flexibility index (Phi) is 5.31. The second-order valence-corrected chi connectivity index (χ2v) is 6.69. The largest absolute Gasteiger partial charge is 0.350 e. The summed E-state index contributed by atoms with van der Waals surface area (Å²) in [5.41, 5.74) is 4.33. The van der Waals surface area contributed by atoms with Gasteiger partial charge in [0, 0.05) is 12.1 Å². The highest BCUT2D eigenvalue weighted by atomic mass is 16.1. The van der Waals surface area contributed by atoms with Crippen molar-refractivity contribution in [3.63, 3.8) is 0 Å². The Bertz CT molecular complexity index is 687. The van der Waals surface area contributed by atoms with Gasteiger partial charge in [-0.15, -0.1) is 0 Å². The molecule has 3 nitrogen and oxygen atoms in total. The molecule has 0 aliphatic carbocycles. The van der Waals surface area contributed by atoms with Gasteiger partial charge < -0.3 is 5.32 Å². The Morgan fingerprint density at radius 2 is 1.71 bits per heavy atom. The van der Waals surface area contributed by atoms with E-state index in [9.17, 15) is 4.79 Å². The predicted octanol–water partition coefficient (Wildman–Crippen LogP) is 3.87. The maximum atomic E-state index is 12.5. The number of hydrogen-bond donors (Lipinski definition) is 1. The molecule has 0 unspecified atom stereocenters. The van der Waals surface area contributed by atoms with Crippen LogP contribution < -0.4 is 5.32 Å². The molecule has 2 aromatic rings. The summed E-state index contributed by atoms with van der Waals surface area (Å²) in [5.74, 6) is 0.0180. The van der Waals surface area contributed by atoms with Crippen molar-refractivity contribution in [2.75, 3.05) is 19.6 Å². The van der Waals surface area contributed by atoms with E-state index in [1.165, 1.54) is 24.0 Å². The zero-order valence-electron chi connectivity index (χ0n) is 14.6. The van der Waals surface area contributed by atoms with Crippen LogP contribution in [0.25, 0.3) is 0 Å². The summed E-state index contributed by atoms with van der Waals surface area (Å²) in [7, 11) is 0. The lowest BCUT2D eigenvalue weighted by molar-refractivity contribution is 0.0937. The average molecular weight is 322 g/mol. The first-order valence-corrected chi connectivity index (χ1v) is 8.79. The van der Waals surface area contributed by atoms with Crippen molar-refractivity contribution in [1.82, 2.24) is 10.2 Å². The van der Waals surface area contributed by atoms with Crippen molar-refractivity contribution in [3.8, 4) is 0 Å². The summed E-state index contributed by atoms with van der Waals surface area (Å²) >= 11 is 0. The summed E-state index contributed by atoms with van der Waals surface area (Å²) < 4.78 is 0. The Morgan fingerprint density at radius 3 is 2.38 bits per heavy atom. The van der Waals surface area contributed by atoms with Crippen molar-refractivity contribution in [3.05, 3.63) is 70.8 Å². The molecule has 24 heavy (non-hydrogen) atoms. The molecule has 2 aromatic carbocycles. The molecule has 0 saturated carbocycles. The van der Waals surface area contributed by atoms with Gasteiger partial charge >= 0.3 is 0 Å². The van der Waals surface area contributed by atoms with Gasteiger partial charge in [0.1, 0.15) is 0 Å². The number of carbonyl (C=O) groups excluding carboxylic acids is 1. The van der Waals surface area contributed by atoms with E-state index in [1.807, 2.05) is 31.2 Å². The first-order valence-electron chi connectivity index (χ1n) is 8.79. The first kappa shape index (κ1) is 16.7. The minimum absolute atomic E-state index is 0.0180. The minimum atomic E-state index is 0.0180. The number of likely N-dealkylation sites (tertiary alicyclic amines) is 1. The smallest absolute Gasteiger partial charge is 0.251 e. The van der Waals surface area contributed by atoms with E-state index in [2.05, 4.69) is 41.4 Å². The standard InChI is InChI=1S/C21H26N2O/c1-16-9-11-18(12-10-16)20(23-13-5-6-14-23)15-22-21(24)19-8-4-3-7-17(19)2/h3-4,7-12,20H,5-6,13-15H2,1-2H3,(H,22,24)/t20-/m1/s1. The number of hydrogen-bond acceptors (Lipinski definition) is 2. The molecule has 1 atom stereocenters. The summed E-state index contributed by atoms with van der Waals surface area (Å²) in [6.07, 6.45) is 2.49. The van der Waals surface area contributed by atoms with E-state index in [0.29, 0.717) is 6.54 Å². The monoisotopic (exact) mass is 322 g/mol. The lowest BCUT2D eigenvalue weighted by atomic mass is 10.0. The highest BCUT2D eigenvalue weighted by molar-refractivity contribution is 5.95. The number of nitrogens with one attached hydrogen (secondary N) is 1. The SMILES string of the molecule is Cc1ccc([C@@H](CNC(=O)c2ccccc2C)N2CCCC2)cc1. The summed E-state index contributed by atoms with van der Waals surface area (Å²) in [5, 5.41) is 3.15. The fourth-order valence-corrected chi connectivity index (χ4v) is 3.41. The number of aryl methyl sites for hydroxylation is 2. The van der Waals surface area contributed by atoms with Crippen molar-refractivity contribution < 1.29 is 4.79 Å². The van der Waals surface area contributed by atoms with Gasteiger partial charge in [-0.1, -0.05) is 48.0 Å². The molecule has 1 aliphatic heterocycles. The van der Waals surface area contributed by atoms with E-state index in [4.69, 9.17) is 0 Å². The second kappa shape index (κ2) is 7.63. The molecule has 1 heterocycles. The Hall–Kier alpha value is -2.13. The molecule has 0 radical (unpaired) electrons. The summed E-state index contributed by atoms with van der Waals surface area (Å²) in [6, 6.07) is 16.7. The fourth-order valence-electron chi connectivity index (χ4n) is 3.41. The minimum Gasteiger partial charge on any atom is -0.350 e. The molecule has 3 heteroatoms. The van der Waals surface area contributed by atoms with Gasteiger partial charge in [0.2, 0.25) is 0 Å². The molecule has 1 fully saturated rings. The molecular weight excluding hydrogens is 296 g/mol. The van der Waals surface area contributed by atoms with E-state index in [-0.39, 0.29) is 11.9 Å². The molecule has 1 saturated heterocycles. The molecule has 0 bridgehead atoms. The molecule has 1 aliphatic rings. The fraction of sp³-hybridized carbons (Fsp3) is 0.381. The van der Waals surface area contributed by atoms with Crippen LogP contribution >= 0.6 is 0 Å². The third-order valence-corrected chi connectivity index (χ3v) is 4.89. The van der Waals surface area contributed by atoms with Crippen molar-refractivity contribution in [2.24, 2.45) is 0 Å². The van der Waals surface area contributed by atoms with Crippen LogP contribution in [0.2, 0.25) is 0 Å². The zero-order valence-corrected chi connectivity index (χ0v) is 14.6. The van der Waals surface area contributed by atoms with Gasteiger partial charge in [-0.2, -0.15) is 0 Å². The van der Waals surface area contributed by atoms with Gasteiger partial charge in [0.25, 0.3) is 5.91 Å². The third kappa shape index (κ3) is 3.85. The molecule has 126 valence electrons. The number of rotatable bonds is 5. The molecule has 3 rings (SSSR count). The van der Waals surface area contributed by atoms with E-state index < -0.39 is 0 Å². The lowest BCUT2D eigenvalue weighted by Gasteiger charge is -2.28. The maximum Gasteiger partial charge on any atom is 0.251 e. The number of nitrogens with zero attached hydrogens (tertiary/aromatic N) is 1. The summed E-state index contributed by atoms with van der Waals surface area (Å²) in [6.45, 7) is 6.95. The number of carbonyl (C=O) groups is 1. The Morgan fingerprint density at radius 1 is 1.04 bits per heavy atom. The van der Waals surface area contributed by atoms with Crippen molar-refractivity contribution >= 4 is 5.91 Å². The van der Waals surface area contributed by atoms with Crippen molar-refractivity contribution in [1.29, 1.82) is 0 Å². The number of benzene rings is 2. The Balaban J connectivity index is 1.73. The molecule has 1 amide bonds. The molecule has 0 aromatic heterocycles. The van der Waals surface area contributed by atoms with Gasteiger partial charge in [-0.05, 0) is 57.0 Å². The zero-order chi connectivity index (χ0) is 16.9. The van der Waals surface area contributed by atoms with Gasteiger partial charge in [-0.25, -0.2) is 0 Å². The van der Waals surface area contributed by atoms with Gasteiger partial charge in [0.15, 0.2) is 0 Å². The number of amides is 1. The quantitative estimate of drug-likeness (QED) is 0.906. The van der Waals surface area contributed by atoms with Crippen LogP contribution in [-0.2, 0) is 0 Å². The van der Waals surface area contributed by atoms with Crippen LogP contribution in [0.5, 0.6) is 0 Å². The topological polar surface area (TPSA) is 32.3 Å². The van der Waals surface area contributed by atoms with E-state index >= 15 is 0 Å². The first-order chi connectivity index (χ1) is 11.6. The normalized spacial score (nSPS) is 16.1. The highest BCUT2D eigenvalue weighted by Crippen LogP contribution is 2.25. The van der Waals surface area contributed by atoms with Crippen LogP contribution in [0.4, 0.5) is 0 Å². The predicted molar refractivity (Wildman–Crippen MR) is 98.2 cm³/mol. The van der Waals surface area contributed by atoms with Gasteiger partial charge in [-0.3, -0.25) is 9.69 Å². The molecular formula is C21H26N2O. The van der Waals surface area contributed by atoms with Crippen molar-refractivity contribution in [2.45, 2.75) is 32.7 Å². The van der Waals surface area contributed by atoms with Crippen LogP contribution in [-0.4, -0.2) is 30.4 Å². The van der Waals surface area contributed by atoms with Crippen LogP contribution in [0.3, 0.4) is 0 Å². The third-order valence-electron chi connectivity index (χ3n) is 4.89. The molecule has 0 spiro atoms. The van der Waals surface area contributed by atoms with E-state index in [1.54, 1.807) is 0 Å². The van der Waals surface area contributed by atoms with Gasteiger partial charge in [0.05, 0.1) is 6.04 Å². The van der Waals surface area contributed by atoms with E-state index in [0.717, 1.165) is 24.2 Å². The highest BCUT2D eigenvalue weighted by Gasteiger charge is 2.24. The summed E-state index contributed by atoms with van der Waals surface area (Å²) in [4.78, 5) is 15.0. The maximum absolute atomic E-state index is 12.5. The lowest BCUT2D eigenvalue weighted by Crippen LogP contribution is -2.37. The van der Waals surface area contributed by atoms with Crippen LogP contribution in [0.1, 0.15) is 45.9 Å². The van der Waals surface area contributed by atoms with Crippen LogP contribution in [0, 0.1) is 13.8 Å². The molecule has 1 N–H and O–H groups in total. The average Bonchev–Trinajstić information content (AvgIpc) is 3.11. The van der Waals surface area contributed by atoms with Crippen LogP contribution in [0.15, 0.2) is 48.5 Å². The second-order valence-electron chi connectivity index (χ2n) is 6.69. The Labute approximate surface area is 144 Å².